The maximum Gasteiger partial charge on any atom is 0.266 e. The number of hydrogen-bond acceptors (Lipinski definition) is 6. The van der Waals surface area contributed by atoms with Gasteiger partial charge in [-0.05, 0) is 0 Å². The third-order valence-corrected chi connectivity index (χ3v) is 1.97. The maximum atomic E-state index is 11.0. The van der Waals surface area contributed by atoms with E-state index in [9.17, 15) is 9.59 Å². The number of amides is 2. The third-order valence-electron chi connectivity index (χ3n) is 1.97. The zero-order valence-electron chi connectivity index (χ0n) is 8.04. The topological polar surface area (TPSA) is 142 Å². The lowest BCUT2D eigenvalue weighted by molar-refractivity contribution is -0.119. The molecule has 0 aromatic carbocycles. The molecule has 2 rings (SSSR count). The average Bonchev–Trinajstić information content (AvgIpc) is 2.86. The number of nitrogens with two attached hydrogens (primary N) is 2. The molecule has 84 valence electrons. The summed E-state index contributed by atoms with van der Waals surface area (Å²) in [4.78, 5) is 32.1. The second-order valence-corrected chi connectivity index (χ2v) is 3.04. The van der Waals surface area contributed by atoms with Crippen molar-refractivity contribution in [1.82, 2.24) is 15.4 Å². The van der Waals surface area contributed by atoms with Crippen LogP contribution in [0.5, 0.6) is 0 Å². The van der Waals surface area contributed by atoms with Crippen LogP contribution in [0.25, 0.3) is 0 Å². The van der Waals surface area contributed by atoms with Gasteiger partial charge < -0.3 is 16.5 Å². The first kappa shape index (κ1) is 9.96. The first-order chi connectivity index (χ1) is 7.59. The molecule has 16 heavy (non-hydrogen) atoms. The van der Waals surface area contributed by atoms with Crippen molar-refractivity contribution >= 4 is 24.1 Å². The summed E-state index contributed by atoms with van der Waals surface area (Å²) < 4.78 is 0. The molecule has 0 bridgehead atoms. The highest BCUT2D eigenvalue weighted by Crippen LogP contribution is 2.13. The van der Waals surface area contributed by atoms with Crippen LogP contribution in [-0.4, -0.2) is 34.3 Å². The summed E-state index contributed by atoms with van der Waals surface area (Å²) in [5, 5.41) is 1.29. The number of nitrogens with zero attached hydrogens (tertiary/aromatic N) is 3. The van der Waals surface area contributed by atoms with Crippen molar-refractivity contribution in [3.63, 3.8) is 0 Å². The molecule has 1 aliphatic heterocycles. The maximum absolute atomic E-state index is 11.0. The Morgan fingerprint density at radius 2 is 2.19 bits per heavy atom. The number of hydrazine groups is 1. The number of aromatic amines is 1. The van der Waals surface area contributed by atoms with E-state index in [0.717, 1.165) is 0 Å². The molecule has 0 spiro atoms. The second kappa shape index (κ2) is 3.53. The van der Waals surface area contributed by atoms with Gasteiger partial charge >= 0.3 is 0 Å². The van der Waals surface area contributed by atoms with Crippen LogP contribution in [0.15, 0.2) is 11.2 Å². The van der Waals surface area contributed by atoms with Gasteiger partial charge in [-0.15, -0.1) is 0 Å². The van der Waals surface area contributed by atoms with Crippen LogP contribution in [0, 0.1) is 0 Å². The molecule has 0 aliphatic carbocycles. The molecule has 1 aromatic rings. The molecule has 2 amide bonds. The number of hydrogen-bond donors (Lipinski definition) is 4. The molecule has 1 unspecified atom stereocenters. The van der Waals surface area contributed by atoms with Crippen LogP contribution in [0.4, 0.5) is 5.95 Å². The van der Waals surface area contributed by atoms with Gasteiger partial charge in [-0.1, -0.05) is 0 Å². The highest BCUT2D eigenvalue weighted by Gasteiger charge is 2.28. The van der Waals surface area contributed by atoms with Gasteiger partial charge in [0.1, 0.15) is 12.0 Å². The number of aliphatic imine (C=N–C) groups is 1. The molecule has 0 saturated carbocycles. The minimum absolute atomic E-state index is 0.131. The van der Waals surface area contributed by atoms with E-state index in [1.165, 1.54) is 17.5 Å². The molecule has 1 aliphatic rings. The Kier molecular flexibility index (Phi) is 2.20. The minimum atomic E-state index is -0.896. The number of primary amides is 2. The van der Waals surface area contributed by atoms with E-state index in [1.54, 1.807) is 0 Å². The highest BCUT2D eigenvalue weighted by atomic mass is 16.2. The van der Waals surface area contributed by atoms with Gasteiger partial charge in [0.05, 0.1) is 6.20 Å². The van der Waals surface area contributed by atoms with E-state index in [4.69, 9.17) is 11.5 Å². The van der Waals surface area contributed by atoms with Gasteiger partial charge in [-0.25, -0.2) is 15.0 Å². The summed E-state index contributed by atoms with van der Waals surface area (Å²) in [7, 11) is 0. The normalized spacial score (nSPS) is 18.5. The molecule has 9 heteroatoms. The van der Waals surface area contributed by atoms with E-state index >= 15 is 0 Å². The summed E-state index contributed by atoms with van der Waals surface area (Å²) in [5.41, 5.74) is 13.0. The van der Waals surface area contributed by atoms with Crippen LogP contribution in [0.2, 0.25) is 0 Å². The Bertz CT molecular complexity index is 465. The molecule has 2 heterocycles. The van der Waals surface area contributed by atoms with Gasteiger partial charge in [-0.3, -0.25) is 15.0 Å². The number of nitrogens with one attached hydrogen (secondary N) is 2. The molecule has 0 radical (unpaired) electrons. The summed E-state index contributed by atoms with van der Waals surface area (Å²) in [5.74, 6) is -1.05. The van der Waals surface area contributed by atoms with Crippen LogP contribution < -0.4 is 21.9 Å². The molecule has 9 nitrogen and oxygen atoms in total. The van der Waals surface area contributed by atoms with Crippen LogP contribution in [0.3, 0.4) is 0 Å². The Morgan fingerprint density at radius 1 is 1.44 bits per heavy atom. The van der Waals surface area contributed by atoms with Gasteiger partial charge in [0.25, 0.3) is 11.8 Å². The Morgan fingerprint density at radius 3 is 2.75 bits per heavy atom. The number of anilines is 1. The molecule has 0 saturated heterocycles. The standard InChI is InChI=1S/C7H9N7O2/c8-4(15)3-1-10-7(13-3)14-6(5(9)16)11-2-12-14/h1-2,6H,(H2,8,15)(H2,9,16)(H,10,13)(H,11,12). The molecular formula is C7H9N7O2. The first-order valence-corrected chi connectivity index (χ1v) is 4.31. The lowest BCUT2D eigenvalue weighted by Crippen LogP contribution is -2.46. The number of carbonyl (C=O) groups is 2. The van der Waals surface area contributed by atoms with E-state index in [0.29, 0.717) is 0 Å². The van der Waals surface area contributed by atoms with Gasteiger partial charge in [0.2, 0.25) is 12.1 Å². The fourth-order valence-electron chi connectivity index (χ4n) is 1.24. The number of carbonyl (C=O) groups excluding carboxylic acids is 2. The molecule has 0 fully saturated rings. The fourth-order valence-corrected chi connectivity index (χ4v) is 1.24. The van der Waals surface area contributed by atoms with Crippen LogP contribution >= 0.6 is 0 Å². The quantitative estimate of drug-likeness (QED) is 0.454. The van der Waals surface area contributed by atoms with Crippen molar-refractivity contribution in [3.8, 4) is 0 Å². The number of imidazole rings is 1. The zero-order chi connectivity index (χ0) is 11.7. The average molecular weight is 223 g/mol. The van der Waals surface area contributed by atoms with Crippen molar-refractivity contribution in [2.24, 2.45) is 16.5 Å². The van der Waals surface area contributed by atoms with Crippen LogP contribution in [0.1, 0.15) is 10.5 Å². The SMILES string of the molecule is NC(=O)c1cnc(N2NC=NC2C(N)=O)[nH]1. The third kappa shape index (κ3) is 1.54. The van der Waals surface area contributed by atoms with E-state index in [2.05, 4.69) is 20.4 Å². The Hall–Kier alpha value is -2.58. The fraction of sp³-hybridized carbons (Fsp3) is 0.143. The van der Waals surface area contributed by atoms with E-state index in [1.807, 2.05) is 0 Å². The van der Waals surface area contributed by atoms with Crippen molar-refractivity contribution < 1.29 is 9.59 Å². The molecule has 1 aromatic heterocycles. The minimum Gasteiger partial charge on any atom is -0.366 e. The monoisotopic (exact) mass is 223 g/mol. The highest BCUT2D eigenvalue weighted by molar-refractivity contribution is 5.91. The van der Waals surface area contributed by atoms with Crippen molar-refractivity contribution in [1.29, 1.82) is 0 Å². The largest absolute Gasteiger partial charge is 0.366 e. The lowest BCUT2D eigenvalue weighted by Gasteiger charge is -2.19. The Labute approximate surface area is 89.5 Å². The predicted molar refractivity (Wildman–Crippen MR) is 54.2 cm³/mol. The summed E-state index contributed by atoms with van der Waals surface area (Å²) in [6, 6.07) is 0. The smallest absolute Gasteiger partial charge is 0.266 e. The van der Waals surface area contributed by atoms with Crippen LogP contribution in [-0.2, 0) is 4.79 Å². The van der Waals surface area contributed by atoms with E-state index < -0.39 is 18.0 Å². The van der Waals surface area contributed by atoms with Crippen molar-refractivity contribution in [2.45, 2.75) is 6.17 Å². The van der Waals surface area contributed by atoms with Gasteiger partial charge in [0, 0.05) is 0 Å². The van der Waals surface area contributed by atoms with Gasteiger partial charge in [-0.2, -0.15) is 0 Å². The summed E-state index contributed by atoms with van der Waals surface area (Å²) in [6.07, 6.45) is 1.67. The molecule has 6 N–H and O–H groups in total. The zero-order valence-corrected chi connectivity index (χ0v) is 8.04. The summed E-state index contributed by atoms with van der Waals surface area (Å²) in [6.45, 7) is 0. The number of aromatic nitrogens is 2. The number of H-pyrrole nitrogens is 1. The predicted octanol–water partition coefficient (Wildman–Crippen LogP) is -2.33. The van der Waals surface area contributed by atoms with Crippen molar-refractivity contribution in [2.75, 3.05) is 5.01 Å². The number of rotatable bonds is 3. The second-order valence-electron chi connectivity index (χ2n) is 3.04. The first-order valence-electron chi connectivity index (χ1n) is 4.31. The van der Waals surface area contributed by atoms with Gasteiger partial charge in [0.15, 0.2) is 0 Å². The molecular weight excluding hydrogens is 214 g/mol. The molecule has 1 atom stereocenters. The van der Waals surface area contributed by atoms with E-state index in [-0.39, 0.29) is 11.6 Å². The Balaban J connectivity index is 2.24. The van der Waals surface area contributed by atoms with Crippen molar-refractivity contribution in [3.05, 3.63) is 11.9 Å². The lowest BCUT2D eigenvalue weighted by atomic mass is 10.5. The summed E-state index contributed by atoms with van der Waals surface area (Å²) >= 11 is 0.